The molecule has 0 radical (unpaired) electrons. The summed E-state index contributed by atoms with van der Waals surface area (Å²) in [5, 5.41) is 2.73. The lowest BCUT2D eigenvalue weighted by Crippen LogP contribution is -2.46. The summed E-state index contributed by atoms with van der Waals surface area (Å²) in [6.07, 6.45) is 0.232. The summed E-state index contributed by atoms with van der Waals surface area (Å²) in [6.45, 7) is 5.89. The summed E-state index contributed by atoms with van der Waals surface area (Å²) in [5.74, 6) is 0.113. The van der Waals surface area contributed by atoms with Gasteiger partial charge in [0.15, 0.2) is 0 Å². The number of carbonyl (C=O) groups is 2. The molecule has 1 aromatic carbocycles. The van der Waals surface area contributed by atoms with Gasteiger partial charge in [-0.3, -0.25) is 4.79 Å². The van der Waals surface area contributed by atoms with E-state index in [1.807, 2.05) is 32.0 Å². The number of benzene rings is 1. The van der Waals surface area contributed by atoms with Gasteiger partial charge in [-0.05, 0) is 19.9 Å². The third-order valence-corrected chi connectivity index (χ3v) is 3.96. The molecule has 1 aliphatic rings. The van der Waals surface area contributed by atoms with Crippen molar-refractivity contribution in [1.82, 2.24) is 5.32 Å². The van der Waals surface area contributed by atoms with Crippen LogP contribution in [0.25, 0.3) is 0 Å². The summed E-state index contributed by atoms with van der Waals surface area (Å²) in [4.78, 5) is 24.1. The molecule has 1 heterocycles. The molecule has 114 valence electrons. The van der Waals surface area contributed by atoms with Crippen LogP contribution in [-0.4, -0.2) is 31.6 Å². The number of rotatable bonds is 4. The average Bonchev–Trinajstić information content (AvgIpc) is 2.75. The van der Waals surface area contributed by atoms with Gasteiger partial charge in [-0.25, -0.2) is 4.79 Å². The molecule has 1 amide bonds. The van der Waals surface area contributed by atoms with E-state index in [1.165, 1.54) is 0 Å². The van der Waals surface area contributed by atoms with E-state index in [0.717, 1.165) is 11.1 Å². The normalized spacial score (nSPS) is 24.6. The van der Waals surface area contributed by atoms with Gasteiger partial charge < -0.3 is 14.8 Å². The quantitative estimate of drug-likeness (QED) is 0.858. The average molecular weight is 291 g/mol. The van der Waals surface area contributed by atoms with Crippen molar-refractivity contribution in [2.45, 2.75) is 38.6 Å². The highest BCUT2D eigenvalue weighted by Crippen LogP contribution is 2.41. The highest BCUT2D eigenvalue weighted by molar-refractivity contribution is 5.92. The van der Waals surface area contributed by atoms with Crippen molar-refractivity contribution in [1.29, 1.82) is 0 Å². The van der Waals surface area contributed by atoms with Gasteiger partial charge in [0.1, 0.15) is 11.8 Å². The van der Waals surface area contributed by atoms with Crippen molar-refractivity contribution in [2.24, 2.45) is 0 Å². The second kappa shape index (κ2) is 5.76. The van der Waals surface area contributed by atoms with E-state index in [0.29, 0.717) is 5.75 Å². The zero-order valence-corrected chi connectivity index (χ0v) is 12.9. The molecule has 0 aliphatic carbocycles. The van der Waals surface area contributed by atoms with Crippen LogP contribution >= 0.6 is 0 Å². The Morgan fingerprint density at radius 3 is 2.81 bits per heavy atom. The van der Waals surface area contributed by atoms with Crippen LogP contribution < -0.4 is 10.1 Å². The Labute approximate surface area is 124 Å². The molecular formula is C16H21NO4. The van der Waals surface area contributed by atoms with Gasteiger partial charge in [0.25, 0.3) is 0 Å². The molecule has 2 atom stereocenters. The van der Waals surface area contributed by atoms with E-state index in [9.17, 15) is 9.59 Å². The molecule has 5 nitrogen and oxygen atoms in total. The number of amides is 1. The molecule has 1 aliphatic heterocycles. The summed E-state index contributed by atoms with van der Waals surface area (Å²) in [5.41, 5.74) is 1.22. The Morgan fingerprint density at radius 1 is 1.48 bits per heavy atom. The fourth-order valence-corrected chi connectivity index (χ4v) is 2.87. The number of hydrogen-bond acceptors (Lipinski definition) is 4. The molecule has 0 aromatic heterocycles. The Bertz CT molecular complexity index is 569. The van der Waals surface area contributed by atoms with Gasteiger partial charge in [0.05, 0.1) is 13.7 Å². The molecular weight excluding hydrogens is 270 g/mol. The Hall–Kier alpha value is -2.04. The van der Waals surface area contributed by atoms with E-state index < -0.39 is 17.4 Å². The van der Waals surface area contributed by atoms with Crippen LogP contribution in [-0.2, 0) is 19.7 Å². The van der Waals surface area contributed by atoms with Crippen LogP contribution in [0.1, 0.15) is 31.4 Å². The molecule has 1 aromatic rings. The largest absolute Gasteiger partial charge is 0.496 e. The van der Waals surface area contributed by atoms with Gasteiger partial charge in [-0.2, -0.15) is 0 Å². The van der Waals surface area contributed by atoms with E-state index in [1.54, 1.807) is 14.0 Å². The zero-order chi connectivity index (χ0) is 15.6. The van der Waals surface area contributed by atoms with Gasteiger partial charge >= 0.3 is 5.97 Å². The molecule has 2 unspecified atom stereocenters. The second-order valence-electron chi connectivity index (χ2n) is 5.55. The number of esters is 1. The molecule has 0 bridgehead atoms. The van der Waals surface area contributed by atoms with Crippen LogP contribution in [0.5, 0.6) is 5.75 Å². The van der Waals surface area contributed by atoms with Crippen molar-refractivity contribution in [3.63, 3.8) is 0 Å². The first kappa shape index (κ1) is 15.4. The number of hydrogen-bond donors (Lipinski definition) is 1. The van der Waals surface area contributed by atoms with Crippen molar-refractivity contribution >= 4 is 11.9 Å². The van der Waals surface area contributed by atoms with E-state index >= 15 is 0 Å². The number of ether oxygens (including phenoxy) is 2. The standard InChI is InChI=1S/C16H21NO4/c1-5-21-15(19)14-16(3,9-13(18)17-14)11-8-10(2)6-7-12(11)20-4/h6-8,14H,5,9H2,1-4H3,(H,17,18). The third-order valence-electron chi connectivity index (χ3n) is 3.96. The summed E-state index contributed by atoms with van der Waals surface area (Å²) >= 11 is 0. The van der Waals surface area contributed by atoms with Crippen molar-refractivity contribution < 1.29 is 19.1 Å². The lowest BCUT2D eigenvalue weighted by Gasteiger charge is -2.30. The minimum Gasteiger partial charge on any atom is -0.496 e. The smallest absolute Gasteiger partial charge is 0.329 e. The first-order valence-electron chi connectivity index (χ1n) is 7.03. The molecule has 0 saturated carbocycles. The lowest BCUT2D eigenvalue weighted by molar-refractivity contribution is -0.147. The fourth-order valence-electron chi connectivity index (χ4n) is 2.87. The number of methoxy groups -OCH3 is 1. The van der Waals surface area contributed by atoms with E-state index in [-0.39, 0.29) is 18.9 Å². The highest BCUT2D eigenvalue weighted by Gasteiger charge is 2.50. The molecule has 0 spiro atoms. The van der Waals surface area contributed by atoms with Crippen molar-refractivity contribution in [3.8, 4) is 5.75 Å². The van der Waals surface area contributed by atoms with Crippen LogP contribution in [0.3, 0.4) is 0 Å². The summed E-state index contributed by atoms with van der Waals surface area (Å²) in [6, 6.07) is 5.07. The minimum atomic E-state index is -0.694. The fraction of sp³-hybridized carbons (Fsp3) is 0.500. The number of nitrogens with one attached hydrogen (secondary N) is 1. The topological polar surface area (TPSA) is 64.6 Å². The molecule has 1 fully saturated rings. The second-order valence-corrected chi connectivity index (χ2v) is 5.55. The van der Waals surface area contributed by atoms with Crippen LogP contribution in [0.2, 0.25) is 0 Å². The molecule has 1 N–H and O–H groups in total. The molecule has 2 rings (SSSR count). The monoisotopic (exact) mass is 291 g/mol. The van der Waals surface area contributed by atoms with Crippen LogP contribution in [0.4, 0.5) is 0 Å². The van der Waals surface area contributed by atoms with E-state index in [4.69, 9.17) is 9.47 Å². The van der Waals surface area contributed by atoms with Gasteiger partial charge in [0, 0.05) is 17.4 Å². The Kier molecular flexibility index (Phi) is 4.21. The van der Waals surface area contributed by atoms with Crippen LogP contribution in [0.15, 0.2) is 18.2 Å². The predicted octanol–water partition coefficient (Wildman–Crippen LogP) is 1.71. The predicted molar refractivity (Wildman–Crippen MR) is 78.3 cm³/mol. The van der Waals surface area contributed by atoms with E-state index in [2.05, 4.69) is 5.32 Å². The van der Waals surface area contributed by atoms with Crippen molar-refractivity contribution in [3.05, 3.63) is 29.3 Å². The van der Waals surface area contributed by atoms with Gasteiger partial charge in [-0.1, -0.05) is 24.6 Å². The highest BCUT2D eigenvalue weighted by atomic mass is 16.5. The SMILES string of the molecule is CCOC(=O)C1NC(=O)CC1(C)c1cc(C)ccc1OC. The summed E-state index contributed by atoms with van der Waals surface area (Å²) < 4.78 is 10.5. The molecule has 5 heteroatoms. The minimum absolute atomic E-state index is 0.154. The third kappa shape index (κ3) is 2.73. The maximum atomic E-state index is 12.2. The zero-order valence-electron chi connectivity index (χ0n) is 12.9. The van der Waals surface area contributed by atoms with Gasteiger partial charge in [0.2, 0.25) is 5.91 Å². The molecule has 1 saturated heterocycles. The first-order chi connectivity index (χ1) is 9.92. The van der Waals surface area contributed by atoms with Gasteiger partial charge in [-0.15, -0.1) is 0 Å². The van der Waals surface area contributed by atoms with Crippen LogP contribution in [0, 0.1) is 6.92 Å². The Morgan fingerprint density at radius 2 is 2.19 bits per heavy atom. The number of aryl methyl sites for hydroxylation is 1. The maximum absolute atomic E-state index is 12.2. The number of carbonyl (C=O) groups excluding carboxylic acids is 2. The molecule has 21 heavy (non-hydrogen) atoms. The lowest BCUT2D eigenvalue weighted by atomic mass is 9.75. The first-order valence-corrected chi connectivity index (χ1v) is 7.03. The van der Waals surface area contributed by atoms with Crippen molar-refractivity contribution in [2.75, 3.05) is 13.7 Å². The Balaban J connectivity index is 2.49. The maximum Gasteiger partial charge on any atom is 0.329 e. The summed E-state index contributed by atoms with van der Waals surface area (Å²) in [7, 11) is 1.58.